The summed E-state index contributed by atoms with van der Waals surface area (Å²) in [5.74, 6) is 0. The minimum Gasteiger partial charge on any atom is -0.344 e. The van der Waals surface area contributed by atoms with Crippen molar-refractivity contribution in [1.82, 2.24) is 9.13 Å². The summed E-state index contributed by atoms with van der Waals surface area (Å²) in [6, 6.07) is 37.3. The van der Waals surface area contributed by atoms with Crippen LogP contribution in [0.25, 0.3) is 60.1 Å². The number of hydrogen-bond donors (Lipinski definition) is 0. The van der Waals surface area contributed by atoms with Crippen molar-refractivity contribution in [1.29, 1.82) is 0 Å². The number of para-hydroxylation sites is 2. The molecule has 0 saturated heterocycles. The number of hydrogen-bond acceptors (Lipinski definition) is 0. The molecule has 2 heteroatoms. The van der Waals surface area contributed by atoms with Gasteiger partial charge in [0.05, 0.1) is 16.6 Å². The fraction of sp³-hybridized carbons (Fsp3) is 0.0345. The second kappa shape index (κ2) is 5.99. The molecule has 0 aliphatic rings. The standard InChI is InChI=1S/C29H20N2/c1-30-24-14-8-7-13-22(24)28-25(30)18-16-23-27-21-12-6-5-9-19(21)15-17-26(27)31(29(23)28)20-10-3-2-4-11-20/h2-18H,1H3. The summed E-state index contributed by atoms with van der Waals surface area (Å²) in [6.45, 7) is 0. The molecule has 0 aliphatic heterocycles. The molecule has 0 aliphatic carbocycles. The van der Waals surface area contributed by atoms with E-state index in [1.54, 1.807) is 0 Å². The van der Waals surface area contributed by atoms with Crippen molar-refractivity contribution in [3.05, 3.63) is 103 Å². The third-order valence-corrected chi connectivity index (χ3v) is 6.71. The van der Waals surface area contributed by atoms with Crippen LogP contribution in [0.3, 0.4) is 0 Å². The molecule has 31 heavy (non-hydrogen) atoms. The molecular formula is C29H20N2. The highest BCUT2D eigenvalue weighted by atomic mass is 15.0. The minimum atomic E-state index is 1.19. The van der Waals surface area contributed by atoms with Crippen molar-refractivity contribution in [2.75, 3.05) is 0 Å². The molecule has 2 aromatic heterocycles. The molecule has 0 N–H and O–H groups in total. The summed E-state index contributed by atoms with van der Waals surface area (Å²) in [4.78, 5) is 0. The molecule has 0 spiro atoms. The number of aryl methyl sites for hydroxylation is 1. The van der Waals surface area contributed by atoms with Gasteiger partial charge in [-0.25, -0.2) is 0 Å². The van der Waals surface area contributed by atoms with Gasteiger partial charge in [-0.05, 0) is 41.1 Å². The molecule has 7 aromatic rings. The van der Waals surface area contributed by atoms with Crippen molar-refractivity contribution in [3.8, 4) is 5.69 Å². The van der Waals surface area contributed by atoms with Gasteiger partial charge in [-0.15, -0.1) is 0 Å². The zero-order valence-corrected chi connectivity index (χ0v) is 17.2. The van der Waals surface area contributed by atoms with Crippen molar-refractivity contribution >= 4 is 54.4 Å². The van der Waals surface area contributed by atoms with Gasteiger partial charge in [-0.1, -0.05) is 72.8 Å². The summed E-state index contributed by atoms with van der Waals surface area (Å²) >= 11 is 0. The van der Waals surface area contributed by atoms with Gasteiger partial charge in [-0.3, -0.25) is 0 Å². The lowest BCUT2D eigenvalue weighted by Gasteiger charge is -2.09. The van der Waals surface area contributed by atoms with Crippen LogP contribution in [0.15, 0.2) is 103 Å². The molecule has 7 rings (SSSR count). The number of nitrogens with zero attached hydrogens (tertiary/aromatic N) is 2. The maximum Gasteiger partial charge on any atom is 0.0641 e. The highest BCUT2D eigenvalue weighted by Crippen LogP contribution is 2.42. The van der Waals surface area contributed by atoms with Crippen molar-refractivity contribution in [2.45, 2.75) is 0 Å². The van der Waals surface area contributed by atoms with Gasteiger partial charge in [0.1, 0.15) is 0 Å². The normalized spacial score (nSPS) is 12.0. The van der Waals surface area contributed by atoms with E-state index < -0.39 is 0 Å². The average Bonchev–Trinajstić information content (AvgIpc) is 3.32. The van der Waals surface area contributed by atoms with E-state index in [0.29, 0.717) is 0 Å². The van der Waals surface area contributed by atoms with E-state index in [-0.39, 0.29) is 0 Å². The first-order valence-electron chi connectivity index (χ1n) is 10.7. The van der Waals surface area contributed by atoms with Gasteiger partial charge in [0.25, 0.3) is 0 Å². The lowest BCUT2D eigenvalue weighted by atomic mass is 10.0. The molecule has 0 unspecified atom stereocenters. The second-order valence-corrected chi connectivity index (χ2v) is 8.28. The average molecular weight is 396 g/mol. The first-order chi connectivity index (χ1) is 15.3. The number of benzene rings is 5. The molecular weight excluding hydrogens is 376 g/mol. The van der Waals surface area contributed by atoms with Crippen LogP contribution in [0, 0.1) is 0 Å². The largest absolute Gasteiger partial charge is 0.344 e. The Bertz CT molecular complexity index is 1780. The number of fused-ring (bicyclic) bond motifs is 9. The highest BCUT2D eigenvalue weighted by Gasteiger charge is 2.20. The van der Waals surface area contributed by atoms with Gasteiger partial charge < -0.3 is 9.13 Å². The Hall–Kier alpha value is -4.04. The first kappa shape index (κ1) is 16.7. The maximum atomic E-state index is 2.45. The molecule has 0 amide bonds. The van der Waals surface area contributed by atoms with Gasteiger partial charge >= 0.3 is 0 Å². The van der Waals surface area contributed by atoms with E-state index in [0.717, 1.165) is 0 Å². The van der Waals surface area contributed by atoms with E-state index in [4.69, 9.17) is 0 Å². The molecule has 0 radical (unpaired) electrons. The van der Waals surface area contributed by atoms with Crippen LogP contribution in [-0.4, -0.2) is 9.13 Å². The van der Waals surface area contributed by atoms with E-state index >= 15 is 0 Å². The lowest BCUT2D eigenvalue weighted by molar-refractivity contribution is 1.01. The highest BCUT2D eigenvalue weighted by molar-refractivity contribution is 6.29. The van der Waals surface area contributed by atoms with Crippen LogP contribution in [0.5, 0.6) is 0 Å². The Balaban J connectivity index is 1.85. The van der Waals surface area contributed by atoms with Crippen molar-refractivity contribution < 1.29 is 0 Å². The predicted molar refractivity (Wildman–Crippen MR) is 132 cm³/mol. The summed E-state index contributed by atoms with van der Waals surface area (Å²) in [6.07, 6.45) is 0. The summed E-state index contributed by atoms with van der Waals surface area (Å²) in [7, 11) is 2.17. The Morgan fingerprint density at radius 2 is 1.19 bits per heavy atom. The second-order valence-electron chi connectivity index (χ2n) is 8.28. The van der Waals surface area contributed by atoms with Gasteiger partial charge in [0, 0.05) is 39.8 Å². The van der Waals surface area contributed by atoms with Crippen molar-refractivity contribution in [3.63, 3.8) is 0 Å². The minimum absolute atomic E-state index is 1.19. The van der Waals surface area contributed by atoms with Gasteiger partial charge in [0.2, 0.25) is 0 Å². The molecule has 0 bridgehead atoms. The zero-order chi connectivity index (χ0) is 20.5. The third-order valence-electron chi connectivity index (χ3n) is 6.71. The van der Waals surface area contributed by atoms with Crippen molar-refractivity contribution in [2.24, 2.45) is 7.05 Å². The Kier molecular flexibility index (Phi) is 3.23. The maximum absolute atomic E-state index is 2.45. The van der Waals surface area contributed by atoms with Gasteiger partial charge in [0.15, 0.2) is 0 Å². The van der Waals surface area contributed by atoms with Crippen LogP contribution in [0.1, 0.15) is 0 Å². The fourth-order valence-electron chi connectivity index (χ4n) is 5.36. The monoisotopic (exact) mass is 396 g/mol. The van der Waals surface area contributed by atoms with E-state index in [1.807, 2.05) is 0 Å². The Labute approximate surface area is 179 Å². The molecule has 146 valence electrons. The molecule has 0 atom stereocenters. The first-order valence-corrected chi connectivity index (χ1v) is 10.7. The quantitative estimate of drug-likeness (QED) is 0.271. The topological polar surface area (TPSA) is 9.86 Å². The smallest absolute Gasteiger partial charge is 0.0641 e. The predicted octanol–water partition coefficient (Wildman–Crippen LogP) is 7.58. The van der Waals surface area contributed by atoms with Crippen LogP contribution >= 0.6 is 0 Å². The van der Waals surface area contributed by atoms with E-state index in [9.17, 15) is 0 Å². The molecule has 2 nitrogen and oxygen atoms in total. The number of aromatic nitrogens is 2. The fourth-order valence-corrected chi connectivity index (χ4v) is 5.36. The number of rotatable bonds is 1. The zero-order valence-electron chi connectivity index (χ0n) is 17.2. The molecule has 5 aromatic carbocycles. The molecule has 0 fully saturated rings. The van der Waals surface area contributed by atoms with Gasteiger partial charge in [-0.2, -0.15) is 0 Å². The Morgan fingerprint density at radius 1 is 0.484 bits per heavy atom. The molecule has 0 saturated carbocycles. The van der Waals surface area contributed by atoms with Crippen LogP contribution in [0.4, 0.5) is 0 Å². The van der Waals surface area contributed by atoms with E-state index in [2.05, 4.69) is 119 Å². The lowest BCUT2D eigenvalue weighted by Crippen LogP contribution is -1.94. The van der Waals surface area contributed by atoms with Crippen LogP contribution < -0.4 is 0 Å². The molecule has 2 heterocycles. The summed E-state index contributed by atoms with van der Waals surface area (Å²) in [5, 5.41) is 7.83. The van der Waals surface area contributed by atoms with Crippen LogP contribution in [-0.2, 0) is 7.05 Å². The van der Waals surface area contributed by atoms with Crippen LogP contribution in [0.2, 0.25) is 0 Å². The van der Waals surface area contributed by atoms with E-state index in [1.165, 1.54) is 60.1 Å². The Morgan fingerprint density at radius 3 is 2.06 bits per heavy atom. The summed E-state index contributed by atoms with van der Waals surface area (Å²) < 4.78 is 4.76. The summed E-state index contributed by atoms with van der Waals surface area (Å²) in [5.41, 5.74) is 6.25. The SMILES string of the molecule is Cn1c2ccccc2c2c1ccc1c3c4ccccc4ccc3n(-c3ccccc3)c12. The third kappa shape index (κ3) is 2.11.